The van der Waals surface area contributed by atoms with Crippen molar-refractivity contribution in [3.8, 4) is 44.9 Å². The summed E-state index contributed by atoms with van der Waals surface area (Å²) in [7, 11) is 0. The van der Waals surface area contributed by atoms with Crippen molar-refractivity contribution >= 4 is 15.9 Å². The van der Waals surface area contributed by atoms with E-state index in [0.717, 1.165) is 37.9 Å². The van der Waals surface area contributed by atoms with Crippen LogP contribution < -0.4 is 0 Å². The van der Waals surface area contributed by atoms with Crippen molar-refractivity contribution in [3.05, 3.63) is 95.5 Å². The van der Waals surface area contributed by atoms with E-state index in [1.807, 2.05) is 36.4 Å². The van der Waals surface area contributed by atoms with Gasteiger partial charge in [-0.05, 0) is 88.0 Å². The van der Waals surface area contributed by atoms with Gasteiger partial charge in [-0.3, -0.25) is 0 Å². The molecule has 0 saturated heterocycles. The summed E-state index contributed by atoms with van der Waals surface area (Å²) in [5.41, 5.74) is 6.44. The zero-order valence-electron chi connectivity index (χ0n) is 14.4. The Morgan fingerprint density at radius 2 is 0.704 bits per heavy atom. The first-order chi connectivity index (χ1) is 13.1. The van der Waals surface area contributed by atoms with Gasteiger partial charge < -0.3 is 10.2 Å². The Morgan fingerprint density at radius 1 is 0.407 bits per heavy atom. The van der Waals surface area contributed by atoms with Crippen LogP contribution in [0.4, 0.5) is 0 Å². The standard InChI is InChI=1S/C24H17BrO2/c25-22-7-1-16(2-8-22)19-13-20(17-3-9-23(26)10-4-17)15-21(14-19)18-5-11-24(27)12-6-18/h1-15,26-27H. The molecule has 4 aromatic carbocycles. The normalized spacial score (nSPS) is 10.7. The van der Waals surface area contributed by atoms with Crippen LogP contribution >= 0.6 is 15.9 Å². The van der Waals surface area contributed by atoms with Gasteiger partial charge >= 0.3 is 0 Å². The summed E-state index contributed by atoms with van der Waals surface area (Å²) >= 11 is 3.49. The molecule has 0 aliphatic rings. The van der Waals surface area contributed by atoms with Crippen LogP contribution in [0.15, 0.2) is 95.5 Å². The van der Waals surface area contributed by atoms with Gasteiger partial charge in [0.25, 0.3) is 0 Å². The van der Waals surface area contributed by atoms with Gasteiger partial charge in [-0.2, -0.15) is 0 Å². The molecule has 0 bridgehead atoms. The number of benzene rings is 4. The molecule has 0 amide bonds. The predicted octanol–water partition coefficient (Wildman–Crippen LogP) is 6.86. The maximum Gasteiger partial charge on any atom is 0.115 e. The average molecular weight is 417 g/mol. The van der Waals surface area contributed by atoms with E-state index in [4.69, 9.17) is 0 Å². The van der Waals surface area contributed by atoms with Crippen LogP contribution in [0.25, 0.3) is 33.4 Å². The van der Waals surface area contributed by atoms with Crippen molar-refractivity contribution in [2.75, 3.05) is 0 Å². The maximum atomic E-state index is 9.59. The number of phenolic OH excluding ortho intramolecular Hbond substituents is 2. The molecule has 0 aliphatic heterocycles. The summed E-state index contributed by atoms with van der Waals surface area (Å²) in [6, 6.07) is 29.1. The van der Waals surface area contributed by atoms with Crippen molar-refractivity contribution < 1.29 is 10.2 Å². The SMILES string of the molecule is Oc1ccc(-c2cc(-c3ccc(O)cc3)cc(-c3ccc(Br)cc3)c2)cc1. The molecule has 0 heterocycles. The highest BCUT2D eigenvalue weighted by atomic mass is 79.9. The van der Waals surface area contributed by atoms with Gasteiger partial charge in [0.05, 0.1) is 0 Å². The van der Waals surface area contributed by atoms with Gasteiger partial charge in [0, 0.05) is 4.47 Å². The Labute approximate surface area is 166 Å². The summed E-state index contributed by atoms with van der Waals surface area (Å²) in [5, 5.41) is 19.2. The molecule has 132 valence electrons. The van der Waals surface area contributed by atoms with Gasteiger partial charge in [-0.1, -0.05) is 52.3 Å². The van der Waals surface area contributed by atoms with Crippen LogP contribution in [0.2, 0.25) is 0 Å². The number of hydrogen-bond acceptors (Lipinski definition) is 2. The summed E-state index contributed by atoms with van der Waals surface area (Å²) < 4.78 is 1.04. The molecule has 0 saturated carbocycles. The molecule has 0 unspecified atom stereocenters. The first-order valence-corrected chi connectivity index (χ1v) is 9.38. The van der Waals surface area contributed by atoms with E-state index in [2.05, 4.69) is 46.3 Å². The summed E-state index contributed by atoms with van der Waals surface area (Å²) in [4.78, 5) is 0. The van der Waals surface area contributed by atoms with Crippen LogP contribution in [0.3, 0.4) is 0 Å². The lowest BCUT2D eigenvalue weighted by atomic mass is 9.93. The van der Waals surface area contributed by atoms with Crippen LogP contribution in [0.1, 0.15) is 0 Å². The first-order valence-electron chi connectivity index (χ1n) is 8.58. The smallest absolute Gasteiger partial charge is 0.115 e. The molecular formula is C24H17BrO2. The predicted molar refractivity (Wildman–Crippen MR) is 114 cm³/mol. The largest absolute Gasteiger partial charge is 0.508 e. The molecule has 3 heteroatoms. The van der Waals surface area contributed by atoms with Crippen molar-refractivity contribution in [1.29, 1.82) is 0 Å². The Morgan fingerprint density at radius 3 is 1.04 bits per heavy atom. The Bertz CT molecular complexity index is 913. The lowest BCUT2D eigenvalue weighted by Gasteiger charge is -2.12. The average Bonchev–Trinajstić information content (AvgIpc) is 2.69. The molecular weight excluding hydrogens is 400 g/mol. The maximum absolute atomic E-state index is 9.59. The highest BCUT2D eigenvalue weighted by Gasteiger charge is 2.08. The highest BCUT2D eigenvalue weighted by Crippen LogP contribution is 2.34. The third-order valence-electron chi connectivity index (χ3n) is 4.51. The molecule has 0 aliphatic carbocycles. The lowest BCUT2D eigenvalue weighted by molar-refractivity contribution is 0.475. The molecule has 0 aromatic heterocycles. The second-order valence-corrected chi connectivity index (χ2v) is 7.32. The van der Waals surface area contributed by atoms with Gasteiger partial charge in [-0.15, -0.1) is 0 Å². The zero-order chi connectivity index (χ0) is 18.8. The first kappa shape index (κ1) is 17.4. The molecule has 0 atom stereocenters. The quantitative estimate of drug-likeness (QED) is 0.382. The number of rotatable bonds is 3. The van der Waals surface area contributed by atoms with E-state index in [-0.39, 0.29) is 11.5 Å². The van der Waals surface area contributed by atoms with E-state index in [1.165, 1.54) is 0 Å². The van der Waals surface area contributed by atoms with Gasteiger partial charge in [0.15, 0.2) is 0 Å². The molecule has 4 aromatic rings. The fraction of sp³-hybridized carbons (Fsp3) is 0. The van der Waals surface area contributed by atoms with Crippen molar-refractivity contribution in [1.82, 2.24) is 0 Å². The zero-order valence-corrected chi connectivity index (χ0v) is 16.0. The molecule has 27 heavy (non-hydrogen) atoms. The number of halogens is 1. The van der Waals surface area contributed by atoms with Crippen molar-refractivity contribution in [3.63, 3.8) is 0 Å². The summed E-state index contributed by atoms with van der Waals surface area (Å²) in [6.45, 7) is 0. The number of hydrogen-bond donors (Lipinski definition) is 2. The molecule has 0 radical (unpaired) electrons. The molecule has 2 N–H and O–H groups in total. The Hall–Kier alpha value is -3.04. The second-order valence-electron chi connectivity index (χ2n) is 6.40. The Balaban J connectivity index is 1.89. The lowest BCUT2D eigenvalue weighted by Crippen LogP contribution is -1.86. The van der Waals surface area contributed by atoms with Crippen LogP contribution in [0.5, 0.6) is 11.5 Å². The van der Waals surface area contributed by atoms with Crippen LogP contribution in [-0.4, -0.2) is 10.2 Å². The minimum absolute atomic E-state index is 0.251. The van der Waals surface area contributed by atoms with Gasteiger partial charge in [-0.25, -0.2) is 0 Å². The van der Waals surface area contributed by atoms with Crippen molar-refractivity contribution in [2.45, 2.75) is 0 Å². The molecule has 4 rings (SSSR count). The van der Waals surface area contributed by atoms with Gasteiger partial charge in [0.2, 0.25) is 0 Å². The monoisotopic (exact) mass is 416 g/mol. The van der Waals surface area contributed by atoms with E-state index in [1.54, 1.807) is 24.3 Å². The topological polar surface area (TPSA) is 40.5 Å². The van der Waals surface area contributed by atoms with E-state index in [0.29, 0.717) is 0 Å². The minimum atomic E-state index is 0.251. The third-order valence-corrected chi connectivity index (χ3v) is 5.04. The molecule has 0 fully saturated rings. The summed E-state index contributed by atoms with van der Waals surface area (Å²) in [5.74, 6) is 0.503. The Kier molecular flexibility index (Phi) is 4.69. The number of aromatic hydroxyl groups is 2. The minimum Gasteiger partial charge on any atom is -0.508 e. The van der Waals surface area contributed by atoms with Gasteiger partial charge in [0.1, 0.15) is 11.5 Å². The van der Waals surface area contributed by atoms with Crippen LogP contribution in [-0.2, 0) is 0 Å². The number of phenols is 2. The molecule has 0 spiro atoms. The van der Waals surface area contributed by atoms with E-state index < -0.39 is 0 Å². The van der Waals surface area contributed by atoms with Crippen LogP contribution in [0, 0.1) is 0 Å². The van der Waals surface area contributed by atoms with E-state index in [9.17, 15) is 10.2 Å². The fourth-order valence-corrected chi connectivity index (χ4v) is 3.34. The third kappa shape index (κ3) is 3.88. The fourth-order valence-electron chi connectivity index (χ4n) is 3.08. The highest BCUT2D eigenvalue weighted by molar-refractivity contribution is 9.10. The van der Waals surface area contributed by atoms with Crippen molar-refractivity contribution in [2.24, 2.45) is 0 Å². The summed E-state index contributed by atoms with van der Waals surface area (Å²) in [6.07, 6.45) is 0. The van der Waals surface area contributed by atoms with E-state index >= 15 is 0 Å². The molecule has 2 nitrogen and oxygen atoms in total. The second kappa shape index (κ2) is 7.29.